The zero-order valence-electron chi connectivity index (χ0n) is 17.7. The Hall–Kier alpha value is -4.09. The lowest BCUT2D eigenvalue weighted by Gasteiger charge is -2.08. The number of nitrogens with zero attached hydrogens (tertiary/aromatic N) is 5. The normalized spacial score (nSPS) is 11.0. The molecule has 1 amide bonds. The van der Waals surface area contributed by atoms with Crippen molar-refractivity contribution in [2.24, 2.45) is 7.05 Å². The fourth-order valence-electron chi connectivity index (χ4n) is 3.28. The van der Waals surface area contributed by atoms with Crippen LogP contribution in [0.3, 0.4) is 0 Å². The van der Waals surface area contributed by atoms with Gasteiger partial charge in [-0.1, -0.05) is 24.3 Å². The van der Waals surface area contributed by atoms with Crippen LogP contribution in [0.4, 0.5) is 11.4 Å². The molecule has 0 atom stereocenters. The van der Waals surface area contributed by atoms with Gasteiger partial charge in [0.25, 0.3) is 11.6 Å². The molecule has 1 N–H and O–H groups in total. The third kappa shape index (κ3) is 4.38. The van der Waals surface area contributed by atoms with Crippen molar-refractivity contribution in [3.05, 3.63) is 88.7 Å². The molecule has 0 spiro atoms. The molecule has 3 aromatic carbocycles. The van der Waals surface area contributed by atoms with Gasteiger partial charge in [0.05, 0.1) is 20.0 Å². The summed E-state index contributed by atoms with van der Waals surface area (Å²) >= 11 is 2.68. The summed E-state index contributed by atoms with van der Waals surface area (Å²) < 4.78 is 2.74. The number of nitro groups is 1. The lowest BCUT2D eigenvalue weighted by molar-refractivity contribution is -0.387. The monoisotopic (exact) mass is 488 g/mol. The molecular formula is C23H16N6O3S2. The molecule has 168 valence electrons. The second-order valence-electron chi connectivity index (χ2n) is 7.29. The van der Waals surface area contributed by atoms with E-state index in [0.717, 1.165) is 32.5 Å². The van der Waals surface area contributed by atoms with Crippen molar-refractivity contribution >= 4 is 50.6 Å². The van der Waals surface area contributed by atoms with Crippen LogP contribution in [0.25, 0.3) is 20.8 Å². The van der Waals surface area contributed by atoms with Gasteiger partial charge in [0, 0.05) is 29.9 Å². The molecule has 0 saturated carbocycles. The summed E-state index contributed by atoms with van der Waals surface area (Å²) in [7, 11) is 1.75. The molecule has 5 rings (SSSR count). The van der Waals surface area contributed by atoms with Crippen LogP contribution in [0.15, 0.2) is 83.1 Å². The molecule has 0 saturated heterocycles. The third-order valence-corrected chi connectivity index (χ3v) is 7.15. The molecule has 0 unspecified atom stereocenters. The van der Waals surface area contributed by atoms with E-state index >= 15 is 0 Å². The number of fused-ring (bicyclic) bond motifs is 1. The van der Waals surface area contributed by atoms with Crippen molar-refractivity contribution in [3.63, 3.8) is 0 Å². The Balaban J connectivity index is 1.39. The number of anilines is 1. The van der Waals surface area contributed by atoms with Crippen molar-refractivity contribution in [1.29, 1.82) is 0 Å². The molecule has 0 fully saturated rings. The number of carbonyl (C=O) groups excluding carboxylic acids is 1. The first kappa shape index (κ1) is 21.7. The van der Waals surface area contributed by atoms with E-state index in [1.807, 2.05) is 42.5 Å². The lowest BCUT2D eigenvalue weighted by atomic mass is 10.1. The molecule has 0 aliphatic rings. The van der Waals surface area contributed by atoms with Gasteiger partial charge < -0.3 is 9.88 Å². The fraction of sp³-hybridized carbons (Fsp3) is 0.0435. The predicted octanol–water partition coefficient (Wildman–Crippen LogP) is 5.40. The Morgan fingerprint density at radius 3 is 2.74 bits per heavy atom. The molecule has 0 aliphatic heterocycles. The molecule has 2 heterocycles. The number of nitro benzene ring substituents is 1. The average Bonchev–Trinajstić information content (AvgIpc) is 3.45. The highest BCUT2D eigenvalue weighted by Gasteiger charge is 2.20. The van der Waals surface area contributed by atoms with Gasteiger partial charge in [-0.05, 0) is 48.2 Å². The van der Waals surface area contributed by atoms with E-state index in [1.54, 1.807) is 41.2 Å². The minimum absolute atomic E-state index is 0.177. The molecule has 9 nitrogen and oxygen atoms in total. The Morgan fingerprint density at radius 1 is 1.12 bits per heavy atom. The second-order valence-corrected chi connectivity index (χ2v) is 9.33. The molecule has 0 radical (unpaired) electrons. The molecule has 0 bridgehead atoms. The van der Waals surface area contributed by atoms with Crippen molar-refractivity contribution in [2.45, 2.75) is 10.1 Å². The first-order valence-electron chi connectivity index (χ1n) is 10.1. The van der Waals surface area contributed by atoms with Crippen LogP contribution < -0.4 is 5.32 Å². The number of benzene rings is 3. The zero-order valence-corrected chi connectivity index (χ0v) is 19.3. The number of para-hydroxylation sites is 1. The summed E-state index contributed by atoms with van der Waals surface area (Å²) in [4.78, 5) is 29.1. The smallest absolute Gasteiger partial charge is 0.284 e. The number of hydrogen-bond donors (Lipinski definition) is 1. The van der Waals surface area contributed by atoms with E-state index in [1.165, 1.54) is 12.4 Å². The fourth-order valence-corrected chi connectivity index (χ4v) is 5.09. The summed E-state index contributed by atoms with van der Waals surface area (Å²) in [6.45, 7) is 0. The van der Waals surface area contributed by atoms with Crippen LogP contribution in [0.1, 0.15) is 10.4 Å². The minimum atomic E-state index is -0.511. The molecule has 2 aromatic heterocycles. The first-order chi connectivity index (χ1) is 16.5. The number of thiazole rings is 1. The van der Waals surface area contributed by atoms with Crippen molar-refractivity contribution < 1.29 is 9.72 Å². The van der Waals surface area contributed by atoms with Gasteiger partial charge in [0.1, 0.15) is 11.3 Å². The molecule has 5 aromatic rings. The lowest BCUT2D eigenvalue weighted by Crippen LogP contribution is -2.12. The number of carbonyl (C=O) groups is 1. The van der Waals surface area contributed by atoms with E-state index in [9.17, 15) is 14.9 Å². The average molecular weight is 489 g/mol. The zero-order chi connectivity index (χ0) is 23.7. The van der Waals surface area contributed by atoms with Gasteiger partial charge >= 0.3 is 0 Å². The van der Waals surface area contributed by atoms with Crippen molar-refractivity contribution in [3.8, 4) is 10.6 Å². The largest absolute Gasteiger partial charge is 0.322 e. The number of hydrogen-bond acceptors (Lipinski definition) is 8. The van der Waals surface area contributed by atoms with Crippen LogP contribution in [-0.2, 0) is 7.05 Å². The van der Waals surface area contributed by atoms with E-state index in [2.05, 4.69) is 20.5 Å². The van der Waals surface area contributed by atoms with Crippen LogP contribution in [0.2, 0.25) is 0 Å². The summed E-state index contributed by atoms with van der Waals surface area (Å²) in [6.07, 6.45) is 1.51. The van der Waals surface area contributed by atoms with Gasteiger partial charge in [-0.15, -0.1) is 21.5 Å². The summed E-state index contributed by atoms with van der Waals surface area (Å²) in [5.74, 6) is -0.445. The highest BCUT2D eigenvalue weighted by atomic mass is 32.2. The van der Waals surface area contributed by atoms with E-state index in [-0.39, 0.29) is 11.3 Å². The summed E-state index contributed by atoms with van der Waals surface area (Å²) in [5.41, 5.74) is 2.37. The van der Waals surface area contributed by atoms with Gasteiger partial charge in [-0.3, -0.25) is 14.9 Å². The molecule has 0 aliphatic carbocycles. The minimum Gasteiger partial charge on any atom is -0.322 e. The topological polar surface area (TPSA) is 116 Å². The molecule has 11 heteroatoms. The SMILES string of the molecule is Cn1cnnc1Sc1ccc(C(=O)Nc2cccc(-c3nc4ccccc4s3)c2)cc1[N+](=O)[O-]. The molecular weight excluding hydrogens is 472 g/mol. The standard InChI is InChI=1S/C23H16N6O3S2/c1-28-13-24-27-23(28)34-20-10-9-14(12-18(20)29(31)32)21(30)25-16-6-4-5-15(11-16)22-26-17-7-2-3-8-19(17)33-22/h2-13H,1H3,(H,25,30). The van der Waals surface area contributed by atoms with Gasteiger partial charge in [-0.25, -0.2) is 4.98 Å². The maximum atomic E-state index is 12.9. The highest BCUT2D eigenvalue weighted by Crippen LogP contribution is 2.35. The Labute approximate surface area is 201 Å². The maximum absolute atomic E-state index is 12.9. The van der Waals surface area contributed by atoms with E-state index < -0.39 is 10.8 Å². The quantitative estimate of drug-likeness (QED) is 0.251. The summed E-state index contributed by atoms with van der Waals surface area (Å²) in [5, 5.41) is 23.6. The van der Waals surface area contributed by atoms with Crippen LogP contribution in [0.5, 0.6) is 0 Å². The van der Waals surface area contributed by atoms with Gasteiger partial charge in [-0.2, -0.15) is 0 Å². The summed E-state index contributed by atoms with van der Waals surface area (Å²) in [6, 6.07) is 19.6. The van der Waals surface area contributed by atoms with E-state index in [4.69, 9.17) is 0 Å². The van der Waals surface area contributed by atoms with Gasteiger partial charge in [0.2, 0.25) is 0 Å². The van der Waals surface area contributed by atoms with Crippen LogP contribution >= 0.6 is 23.1 Å². The third-order valence-electron chi connectivity index (χ3n) is 4.95. The van der Waals surface area contributed by atoms with Crippen LogP contribution in [0, 0.1) is 10.1 Å². The number of rotatable bonds is 6. The second kappa shape index (κ2) is 9.04. The Morgan fingerprint density at radius 2 is 1.97 bits per heavy atom. The molecule has 34 heavy (non-hydrogen) atoms. The maximum Gasteiger partial charge on any atom is 0.284 e. The van der Waals surface area contributed by atoms with Crippen molar-refractivity contribution in [1.82, 2.24) is 19.7 Å². The first-order valence-corrected chi connectivity index (χ1v) is 11.7. The Bertz CT molecular complexity index is 1510. The number of nitrogens with one attached hydrogen (secondary N) is 1. The number of aryl methyl sites for hydroxylation is 1. The Kier molecular flexibility index (Phi) is 5.78. The number of aromatic nitrogens is 4. The highest BCUT2D eigenvalue weighted by molar-refractivity contribution is 7.99. The van der Waals surface area contributed by atoms with Crippen molar-refractivity contribution in [2.75, 3.05) is 5.32 Å². The number of amides is 1. The predicted molar refractivity (Wildman–Crippen MR) is 131 cm³/mol. The van der Waals surface area contributed by atoms with E-state index in [0.29, 0.717) is 15.7 Å². The van der Waals surface area contributed by atoms with Gasteiger partial charge in [0.15, 0.2) is 5.16 Å². The van der Waals surface area contributed by atoms with Crippen LogP contribution in [-0.4, -0.2) is 30.6 Å².